The number of aryl methyl sites for hydroxylation is 2. The number of aromatic carboxylic acids is 1. The van der Waals surface area contributed by atoms with Crippen molar-refractivity contribution in [1.82, 2.24) is 9.88 Å². The summed E-state index contributed by atoms with van der Waals surface area (Å²) in [6, 6.07) is 17.3. The van der Waals surface area contributed by atoms with E-state index in [0.29, 0.717) is 18.7 Å². The second kappa shape index (κ2) is 8.49. The lowest BCUT2D eigenvalue weighted by Gasteiger charge is -2.26. The number of fused-ring (bicyclic) bond motifs is 1. The van der Waals surface area contributed by atoms with Crippen LogP contribution in [0.25, 0.3) is 0 Å². The van der Waals surface area contributed by atoms with Crippen LogP contribution in [0.2, 0.25) is 0 Å². The topological polar surface area (TPSA) is 54.3 Å². The Morgan fingerprint density at radius 2 is 1.90 bits per heavy atom. The van der Waals surface area contributed by atoms with Crippen molar-refractivity contribution < 1.29 is 9.90 Å². The number of hydrogen-bond acceptors (Lipinski definition) is 2. The second-order valence-electron chi connectivity index (χ2n) is 8.43. The maximum absolute atomic E-state index is 12.1. The zero-order valence-corrected chi connectivity index (χ0v) is 18.0. The maximum Gasteiger partial charge on any atom is 0.337 e. The molecule has 4 heteroatoms. The monoisotopic (exact) mass is 402 g/mol. The van der Waals surface area contributed by atoms with Crippen molar-refractivity contribution in [2.75, 3.05) is 0 Å². The average Bonchev–Trinajstić information content (AvgIpc) is 2.96. The van der Waals surface area contributed by atoms with Gasteiger partial charge in [0.2, 0.25) is 0 Å². The third-order valence-electron chi connectivity index (χ3n) is 6.44. The summed E-state index contributed by atoms with van der Waals surface area (Å²) < 4.78 is 2.14. The number of aromatic nitrogens is 1. The van der Waals surface area contributed by atoms with Gasteiger partial charge in [-0.15, -0.1) is 0 Å². The SMILES string of the molecule is Cc1cccc(Cn2c(C)c(CN[C@H]3CCCc4ccccc43)c(C(=O)O)c2C)c1. The lowest BCUT2D eigenvalue weighted by atomic mass is 9.87. The Balaban J connectivity index is 1.63. The Hall–Kier alpha value is -2.85. The number of carbonyl (C=O) groups is 1. The van der Waals surface area contributed by atoms with Crippen LogP contribution in [-0.2, 0) is 19.5 Å². The minimum absolute atomic E-state index is 0.274. The predicted octanol–water partition coefficient (Wildman–Crippen LogP) is 5.33. The van der Waals surface area contributed by atoms with Crippen LogP contribution in [0.3, 0.4) is 0 Å². The van der Waals surface area contributed by atoms with E-state index in [9.17, 15) is 9.90 Å². The number of benzene rings is 2. The van der Waals surface area contributed by atoms with E-state index in [-0.39, 0.29) is 6.04 Å². The number of nitrogens with zero attached hydrogens (tertiary/aromatic N) is 1. The number of hydrogen-bond donors (Lipinski definition) is 2. The number of carboxylic acid groups (broad SMARTS) is 1. The van der Waals surface area contributed by atoms with Gasteiger partial charge >= 0.3 is 5.97 Å². The fraction of sp³-hybridized carbons (Fsp3) is 0.346. The van der Waals surface area contributed by atoms with Crippen molar-refractivity contribution in [2.24, 2.45) is 0 Å². The van der Waals surface area contributed by atoms with E-state index in [1.165, 1.54) is 22.3 Å². The molecule has 1 aliphatic carbocycles. The molecule has 0 saturated heterocycles. The molecule has 30 heavy (non-hydrogen) atoms. The summed E-state index contributed by atoms with van der Waals surface area (Å²) in [5.74, 6) is -0.848. The molecule has 0 unspecified atom stereocenters. The van der Waals surface area contributed by atoms with Crippen molar-refractivity contribution in [1.29, 1.82) is 0 Å². The zero-order valence-electron chi connectivity index (χ0n) is 18.0. The van der Waals surface area contributed by atoms with Crippen molar-refractivity contribution in [3.63, 3.8) is 0 Å². The molecule has 0 aliphatic heterocycles. The fourth-order valence-electron chi connectivity index (χ4n) is 4.87. The van der Waals surface area contributed by atoms with Gasteiger partial charge in [0, 0.05) is 36.1 Å². The predicted molar refractivity (Wildman–Crippen MR) is 120 cm³/mol. The molecule has 0 amide bonds. The van der Waals surface area contributed by atoms with Crippen LogP contribution < -0.4 is 5.32 Å². The molecule has 1 aromatic heterocycles. The molecule has 1 heterocycles. The lowest BCUT2D eigenvalue weighted by Crippen LogP contribution is -2.25. The van der Waals surface area contributed by atoms with Gasteiger partial charge < -0.3 is 15.0 Å². The average molecular weight is 403 g/mol. The van der Waals surface area contributed by atoms with Gasteiger partial charge in [-0.25, -0.2) is 4.79 Å². The highest BCUT2D eigenvalue weighted by Gasteiger charge is 2.25. The normalized spacial score (nSPS) is 15.8. The molecule has 0 radical (unpaired) electrons. The van der Waals surface area contributed by atoms with Crippen molar-refractivity contribution in [3.05, 3.63) is 93.3 Å². The van der Waals surface area contributed by atoms with Crippen molar-refractivity contribution in [2.45, 2.75) is 59.2 Å². The molecule has 1 atom stereocenters. The lowest BCUT2D eigenvalue weighted by molar-refractivity contribution is 0.0694. The van der Waals surface area contributed by atoms with Gasteiger partial charge in [-0.05, 0) is 56.7 Å². The summed E-state index contributed by atoms with van der Waals surface area (Å²) >= 11 is 0. The van der Waals surface area contributed by atoms with E-state index in [4.69, 9.17) is 0 Å². The minimum Gasteiger partial charge on any atom is -0.478 e. The number of nitrogens with one attached hydrogen (secondary N) is 1. The van der Waals surface area contributed by atoms with E-state index in [1.54, 1.807) is 0 Å². The summed E-state index contributed by atoms with van der Waals surface area (Å²) in [7, 11) is 0. The first-order valence-electron chi connectivity index (χ1n) is 10.7. The first-order valence-corrected chi connectivity index (χ1v) is 10.7. The standard InChI is InChI=1S/C26H30N2O2/c1-17-8-6-9-20(14-17)16-28-18(2)23(25(19(28)3)26(29)30)15-27-24-13-7-11-21-10-4-5-12-22(21)24/h4-6,8-10,12,14,24,27H,7,11,13,15-16H2,1-3H3,(H,29,30)/t24-/m0/s1. The third-order valence-corrected chi connectivity index (χ3v) is 6.44. The molecule has 2 aromatic carbocycles. The van der Waals surface area contributed by atoms with Crippen LogP contribution in [-0.4, -0.2) is 15.6 Å². The number of carboxylic acids is 1. The summed E-state index contributed by atoms with van der Waals surface area (Å²) in [6.45, 7) is 7.30. The molecular formula is C26H30N2O2. The Kier molecular flexibility index (Phi) is 5.78. The Morgan fingerprint density at radius 1 is 1.10 bits per heavy atom. The highest BCUT2D eigenvalue weighted by Crippen LogP contribution is 2.31. The highest BCUT2D eigenvalue weighted by atomic mass is 16.4. The van der Waals surface area contributed by atoms with Crippen LogP contribution in [0, 0.1) is 20.8 Å². The van der Waals surface area contributed by atoms with Crippen LogP contribution in [0.1, 0.15) is 68.4 Å². The zero-order chi connectivity index (χ0) is 21.3. The minimum atomic E-state index is -0.848. The van der Waals surface area contributed by atoms with Crippen molar-refractivity contribution in [3.8, 4) is 0 Å². The quantitative estimate of drug-likeness (QED) is 0.586. The van der Waals surface area contributed by atoms with Gasteiger partial charge in [-0.2, -0.15) is 0 Å². The molecule has 2 N–H and O–H groups in total. The van der Waals surface area contributed by atoms with Gasteiger partial charge in [0.15, 0.2) is 0 Å². The highest BCUT2D eigenvalue weighted by molar-refractivity contribution is 5.91. The third kappa shape index (κ3) is 3.92. The summed E-state index contributed by atoms with van der Waals surface area (Å²) in [6.07, 6.45) is 3.37. The van der Waals surface area contributed by atoms with Crippen LogP contribution >= 0.6 is 0 Å². The second-order valence-corrected chi connectivity index (χ2v) is 8.43. The van der Waals surface area contributed by atoms with E-state index >= 15 is 0 Å². The fourth-order valence-corrected chi connectivity index (χ4v) is 4.87. The van der Waals surface area contributed by atoms with E-state index in [2.05, 4.69) is 65.3 Å². The van der Waals surface area contributed by atoms with E-state index < -0.39 is 5.97 Å². The van der Waals surface area contributed by atoms with Gasteiger partial charge in [0.1, 0.15) is 0 Å². The van der Waals surface area contributed by atoms with Gasteiger partial charge in [0.05, 0.1) is 5.56 Å². The maximum atomic E-state index is 12.1. The Bertz CT molecular complexity index is 1080. The molecule has 0 saturated carbocycles. The Morgan fingerprint density at radius 3 is 2.67 bits per heavy atom. The first-order chi connectivity index (χ1) is 14.5. The molecule has 0 bridgehead atoms. The van der Waals surface area contributed by atoms with Gasteiger partial charge in [0.25, 0.3) is 0 Å². The molecule has 3 aromatic rings. The van der Waals surface area contributed by atoms with Crippen LogP contribution in [0.5, 0.6) is 0 Å². The summed E-state index contributed by atoms with van der Waals surface area (Å²) in [4.78, 5) is 12.1. The van der Waals surface area contributed by atoms with Gasteiger partial charge in [-0.1, -0.05) is 54.1 Å². The Labute approximate surface area is 178 Å². The molecule has 1 aliphatic rings. The first kappa shape index (κ1) is 20.4. The summed E-state index contributed by atoms with van der Waals surface area (Å²) in [5, 5.41) is 13.6. The molecular weight excluding hydrogens is 372 g/mol. The molecule has 156 valence electrons. The smallest absolute Gasteiger partial charge is 0.337 e. The molecule has 4 rings (SSSR count). The largest absolute Gasteiger partial charge is 0.478 e. The van der Waals surface area contributed by atoms with Crippen molar-refractivity contribution >= 4 is 5.97 Å². The van der Waals surface area contributed by atoms with E-state index in [0.717, 1.165) is 36.2 Å². The molecule has 0 fully saturated rings. The van der Waals surface area contributed by atoms with Crippen LogP contribution in [0.4, 0.5) is 0 Å². The van der Waals surface area contributed by atoms with Crippen LogP contribution in [0.15, 0.2) is 48.5 Å². The number of rotatable bonds is 6. The summed E-state index contributed by atoms with van der Waals surface area (Å²) in [5.41, 5.74) is 8.36. The molecule has 4 nitrogen and oxygen atoms in total. The molecule has 0 spiro atoms. The van der Waals surface area contributed by atoms with Gasteiger partial charge in [-0.3, -0.25) is 0 Å². The van der Waals surface area contributed by atoms with E-state index in [1.807, 2.05) is 13.8 Å².